The van der Waals surface area contributed by atoms with Gasteiger partial charge >= 0.3 is 0 Å². The molecule has 12 heteroatoms. The van der Waals surface area contributed by atoms with Gasteiger partial charge in [0, 0.05) is 10.7 Å². The largest absolute Gasteiger partial charge is 0.378 e. The molecular weight excluding hydrogens is 584 g/mol. The topological polar surface area (TPSA) is 92.3 Å². The quantitative estimate of drug-likeness (QED) is 0.0839. The molecule has 0 fully saturated rings. The summed E-state index contributed by atoms with van der Waals surface area (Å²) in [5, 5.41) is 1.68. The Morgan fingerprint density at radius 2 is 0.324 bits per heavy atom. The van der Waals surface area contributed by atoms with Gasteiger partial charge in [0.1, 0.15) is 0 Å². The van der Waals surface area contributed by atoms with Crippen molar-refractivity contribution >= 4 is 31.9 Å². The molecule has 0 saturated heterocycles. The van der Waals surface area contributed by atoms with Crippen molar-refractivity contribution in [1.82, 2.24) is 0 Å². The fourth-order valence-electron chi connectivity index (χ4n) is 2.19. The van der Waals surface area contributed by atoms with Crippen molar-refractivity contribution in [3.05, 3.63) is 0 Å². The number of alkyl halides is 2. The maximum Gasteiger partial charge on any atom is 0.0701 e. The van der Waals surface area contributed by atoms with Gasteiger partial charge in [0.15, 0.2) is 0 Å². The lowest BCUT2D eigenvalue weighted by molar-refractivity contribution is -0.0260. The summed E-state index contributed by atoms with van der Waals surface area (Å²) in [4.78, 5) is 0. The molecule has 0 aliphatic heterocycles. The summed E-state index contributed by atoms with van der Waals surface area (Å²) in [5.41, 5.74) is 0. The van der Waals surface area contributed by atoms with Crippen LogP contribution in [0.15, 0.2) is 0 Å². The van der Waals surface area contributed by atoms with Crippen LogP contribution < -0.4 is 0 Å². The van der Waals surface area contributed by atoms with E-state index in [0.717, 1.165) is 10.7 Å². The molecule has 0 aliphatic rings. The van der Waals surface area contributed by atoms with Gasteiger partial charge < -0.3 is 47.4 Å². The van der Waals surface area contributed by atoms with Crippen molar-refractivity contribution < 1.29 is 47.4 Å². The Hall–Kier alpha value is 0.560. The van der Waals surface area contributed by atoms with Gasteiger partial charge in [-0.1, -0.05) is 31.9 Å². The van der Waals surface area contributed by atoms with Crippen LogP contribution in [0.3, 0.4) is 0 Å². The maximum atomic E-state index is 5.44. The molecule has 206 valence electrons. The first-order valence-corrected chi connectivity index (χ1v) is 14.1. The summed E-state index contributed by atoms with van der Waals surface area (Å²) < 4.78 is 53.9. The predicted molar refractivity (Wildman–Crippen MR) is 136 cm³/mol. The van der Waals surface area contributed by atoms with Gasteiger partial charge in [-0.15, -0.1) is 0 Å². The number of hydrogen-bond acceptors (Lipinski definition) is 10. The van der Waals surface area contributed by atoms with Crippen LogP contribution in [0.25, 0.3) is 0 Å². The van der Waals surface area contributed by atoms with Crippen LogP contribution in [0.4, 0.5) is 0 Å². The highest BCUT2D eigenvalue weighted by Gasteiger charge is 1.95. The second-order valence-corrected chi connectivity index (χ2v) is 8.09. The van der Waals surface area contributed by atoms with Crippen LogP contribution in [0.2, 0.25) is 0 Å². The fraction of sp³-hybridized carbons (Fsp3) is 1.00. The third-order valence-corrected chi connectivity index (χ3v) is 4.44. The standard InChI is InChI=1S/C22H44Br2O10/c23-1-3-25-5-7-27-9-11-29-13-15-31-17-19-33-21-22-34-20-18-32-16-14-30-12-10-28-8-6-26-4-2-24/h1-22H2. The second-order valence-electron chi connectivity index (χ2n) is 6.50. The van der Waals surface area contributed by atoms with Gasteiger partial charge in [0.25, 0.3) is 0 Å². The molecule has 0 rings (SSSR count). The van der Waals surface area contributed by atoms with E-state index in [1.54, 1.807) is 0 Å². The smallest absolute Gasteiger partial charge is 0.0701 e. The lowest BCUT2D eigenvalue weighted by atomic mass is 10.6. The monoisotopic (exact) mass is 626 g/mol. The summed E-state index contributed by atoms with van der Waals surface area (Å²) in [7, 11) is 0. The van der Waals surface area contributed by atoms with Gasteiger partial charge in [-0.3, -0.25) is 0 Å². The zero-order valence-electron chi connectivity index (χ0n) is 20.4. The average molecular weight is 628 g/mol. The number of ether oxygens (including phenoxy) is 10. The SMILES string of the molecule is BrCCOCCOCCOCCOCCOCCOCCOCCOCCOCCOCCBr. The Balaban J connectivity index is 2.99. The Bertz CT molecular complexity index is 328. The molecule has 0 radical (unpaired) electrons. The zero-order valence-corrected chi connectivity index (χ0v) is 23.6. The molecule has 0 amide bonds. The van der Waals surface area contributed by atoms with Crippen molar-refractivity contribution in [3.63, 3.8) is 0 Å². The molecule has 0 aromatic rings. The summed E-state index contributed by atoms with van der Waals surface area (Å²) in [5.74, 6) is 0. The molecule has 0 aliphatic carbocycles. The van der Waals surface area contributed by atoms with Crippen LogP contribution in [0, 0.1) is 0 Å². The van der Waals surface area contributed by atoms with E-state index in [2.05, 4.69) is 31.9 Å². The van der Waals surface area contributed by atoms with Crippen molar-refractivity contribution in [2.24, 2.45) is 0 Å². The molecule has 10 nitrogen and oxygen atoms in total. The van der Waals surface area contributed by atoms with E-state index in [1.807, 2.05) is 0 Å². The predicted octanol–water partition coefficient (Wildman–Crippen LogP) is 1.94. The molecule has 0 N–H and O–H groups in total. The highest BCUT2D eigenvalue weighted by Crippen LogP contribution is 1.87. The second kappa shape index (κ2) is 33.6. The lowest BCUT2D eigenvalue weighted by Gasteiger charge is -2.09. The van der Waals surface area contributed by atoms with E-state index in [4.69, 9.17) is 47.4 Å². The van der Waals surface area contributed by atoms with Crippen LogP contribution in [-0.2, 0) is 47.4 Å². The van der Waals surface area contributed by atoms with E-state index in [9.17, 15) is 0 Å². The van der Waals surface area contributed by atoms with Gasteiger partial charge in [-0.05, 0) is 0 Å². The van der Waals surface area contributed by atoms with Gasteiger partial charge in [-0.25, -0.2) is 0 Å². The molecule has 0 spiro atoms. The molecule has 0 heterocycles. The van der Waals surface area contributed by atoms with Crippen LogP contribution in [-0.4, -0.2) is 143 Å². The van der Waals surface area contributed by atoms with E-state index in [1.165, 1.54) is 0 Å². The number of halogens is 2. The summed E-state index contributed by atoms with van der Waals surface area (Å²) in [6.45, 7) is 11.3. The van der Waals surface area contributed by atoms with Crippen LogP contribution in [0.1, 0.15) is 0 Å². The van der Waals surface area contributed by atoms with Crippen molar-refractivity contribution in [3.8, 4) is 0 Å². The highest BCUT2D eigenvalue weighted by molar-refractivity contribution is 9.09. The number of hydrogen-bond donors (Lipinski definition) is 0. The lowest BCUT2D eigenvalue weighted by Crippen LogP contribution is -2.15. The molecule has 0 atom stereocenters. The summed E-state index contributed by atoms with van der Waals surface area (Å²) in [6.07, 6.45) is 0. The van der Waals surface area contributed by atoms with Crippen LogP contribution in [0.5, 0.6) is 0 Å². The van der Waals surface area contributed by atoms with Crippen LogP contribution >= 0.6 is 31.9 Å². The minimum Gasteiger partial charge on any atom is -0.378 e. The third kappa shape index (κ3) is 32.6. The first-order chi connectivity index (χ1) is 16.9. The van der Waals surface area contributed by atoms with E-state index < -0.39 is 0 Å². The van der Waals surface area contributed by atoms with Crippen molar-refractivity contribution in [2.45, 2.75) is 0 Å². The fourth-order valence-corrected chi connectivity index (χ4v) is 2.65. The molecule has 0 aromatic carbocycles. The Kier molecular flexibility index (Phi) is 34.1. The molecule has 0 unspecified atom stereocenters. The molecule has 0 aromatic heterocycles. The Morgan fingerprint density at radius 1 is 0.206 bits per heavy atom. The van der Waals surface area contributed by atoms with Gasteiger partial charge in [-0.2, -0.15) is 0 Å². The van der Waals surface area contributed by atoms with E-state index >= 15 is 0 Å². The van der Waals surface area contributed by atoms with E-state index in [-0.39, 0.29) is 0 Å². The van der Waals surface area contributed by atoms with Crippen molar-refractivity contribution in [1.29, 1.82) is 0 Å². The van der Waals surface area contributed by atoms with Gasteiger partial charge in [0.05, 0.1) is 132 Å². The molecule has 0 saturated carbocycles. The van der Waals surface area contributed by atoms with Gasteiger partial charge in [0.2, 0.25) is 0 Å². The van der Waals surface area contributed by atoms with E-state index in [0.29, 0.717) is 132 Å². The third-order valence-electron chi connectivity index (χ3n) is 3.79. The summed E-state index contributed by atoms with van der Waals surface area (Å²) in [6, 6.07) is 0. The first kappa shape index (κ1) is 34.6. The summed E-state index contributed by atoms with van der Waals surface area (Å²) >= 11 is 6.59. The van der Waals surface area contributed by atoms with Crippen molar-refractivity contribution in [2.75, 3.05) is 143 Å². The normalized spacial score (nSPS) is 11.5. The Labute approximate surface area is 221 Å². The maximum absolute atomic E-state index is 5.44. The molecule has 0 bridgehead atoms. The first-order valence-electron chi connectivity index (χ1n) is 11.8. The minimum absolute atomic E-state index is 0.529. The molecule has 34 heavy (non-hydrogen) atoms. The average Bonchev–Trinajstić information content (AvgIpc) is 2.85. The highest BCUT2D eigenvalue weighted by atomic mass is 79.9. The minimum atomic E-state index is 0.529. The zero-order chi connectivity index (χ0) is 24.6. The Morgan fingerprint density at radius 3 is 0.441 bits per heavy atom. The molecular formula is C22H44Br2O10. The number of rotatable bonds is 31.